The molecular weight excluding hydrogens is 275 g/mol. The fourth-order valence-corrected chi connectivity index (χ4v) is 1.70. The van der Waals surface area contributed by atoms with E-state index in [1.807, 2.05) is 0 Å². The molecule has 0 amide bonds. The lowest BCUT2D eigenvalue weighted by Gasteiger charge is -2.11. The third-order valence-electron chi connectivity index (χ3n) is 1.63. The van der Waals surface area contributed by atoms with Crippen molar-refractivity contribution in [3.63, 3.8) is 0 Å². The van der Waals surface area contributed by atoms with E-state index in [4.69, 9.17) is 9.47 Å². The molecule has 0 spiro atoms. The number of rotatable bonds is 2. The molecule has 70 valence electrons. The first-order valence-electron chi connectivity index (χ1n) is 3.70. The number of carbonyl (C=O) groups is 1. The normalized spacial score (nSPS) is 35.1. The smallest absolute Gasteiger partial charge is 0.303 e. The highest BCUT2D eigenvalue weighted by atomic mass is 127. The number of hydrogen-bond donors (Lipinski definition) is 1. The number of aliphatic hydroxyl groups excluding tert-OH is 1. The van der Waals surface area contributed by atoms with E-state index in [0.717, 1.165) is 4.43 Å². The van der Waals surface area contributed by atoms with Crippen LogP contribution >= 0.6 is 22.6 Å². The van der Waals surface area contributed by atoms with Crippen LogP contribution in [-0.2, 0) is 14.3 Å². The predicted octanol–water partition coefficient (Wildman–Crippen LogP) is 0.460. The van der Waals surface area contributed by atoms with Gasteiger partial charge in [0.1, 0.15) is 0 Å². The molecule has 0 aliphatic carbocycles. The number of aliphatic hydroxyl groups is 1. The lowest BCUT2D eigenvalue weighted by molar-refractivity contribution is -0.166. The van der Waals surface area contributed by atoms with Gasteiger partial charge in [0, 0.05) is 17.8 Å². The highest BCUT2D eigenvalue weighted by Crippen LogP contribution is 2.22. The molecule has 0 radical (unpaired) electrons. The summed E-state index contributed by atoms with van der Waals surface area (Å²) in [5.41, 5.74) is 0. The quantitative estimate of drug-likeness (QED) is 0.455. The lowest BCUT2D eigenvalue weighted by Crippen LogP contribution is -2.25. The third kappa shape index (κ3) is 2.56. The van der Waals surface area contributed by atoms with Crippen molar-refractivity contribution in [1.82, 2.24) is 0 Å². The van der Waals surface area contributed by atoms with Crippen LogP contribution in [0.5, 0.6) is 0 Å². The Morgan fingerprint density at radius 2 is 2.50 bits per heavy atom. The average molecular weight is 286 g/mol. The molecule has 3 atom stereocenters. The van der Waals surface area contributed by atoms with Gasteiger partial charge in [-0.15, -0.1) is 0 Å². The van der Waals surface area contributed by atoms with E-state index in [9.17, 15) is 9.90 Å². The molecule has 1 saturated heterocycles. The van der Waals surface area contributed by atoms with Crippen molar-refractivity contribution >= 4 is 28.6 Å². The SMILES string of the molecule is CC(=O)O[C@@H]1C[C@@H](CI)OC1O. The van der Waals surface area contributed by atoms with Gasteiger partial charge in [0.2, 0.25) is 0 Å². The molecule has 1 rings (SSSR count). The maximum Gasteiger partial charge on any atom is 0.303 e. The molecule has 1 unspecified atom stereocenters. The number of halogens is 1. The van der Waals surface area contributed by atoms with Crippen LogP contribution in [0.3, 0.4) is 0 Å². The van der Waals surface area contributed by atoms with Gasteiger partial charge >= 0.3 is 5.97 Å². The summed E-state index contributed by atoms with van der Waals surface area (Å²) < 4.78 is 10.7. The van der Waals surface area contributed by atoms with E-state index in [1.165, 1.54) is 6.92 Å². The van der Waals surface area contributed by atoms with Gasteiger partial charge in [-0.2, -0.15) is 0 Å². The predicted molar refractivity (Wildman–Crippen MR) is 49.9 cm³/mol. The van der Waals surface area contributed by atoms with Crippen molar-refractivity contribution in [3.05, 3.63) is 0 Å². The highest BCUT2D eigenvalue weighted by Gasteiger charge is 2.35. The number of alkyl halides is 1. The van der Waals surface area contributed by atoms with Crippen molar-refractivity contribution in [1.29, 1.82) is 0 Å². The minimum absolute atomic E-state index is 0.00458. The Bertz CT molecular complexity index is 173. The number of ether oxygens (including phenoxy) is 2. The summed E-state index contributed by atoms with van der Waals surface area (Å²) in [6.07, 6.45) is -0.843. The monoisotopic (exact) mass is 286 g/mol. The number of esters is 1. The summed E-state index contributed by atoms with van der Waals surface area (Å²) in [5.74, 6) is -0.378. The Morgan fingerprint density at radius 1 is 1.83 bits per heavy atom. The molecule has 0 bridgehead atoms. The average Bonchev–Trinajstić information content (AvgIpc) is 2.31. The van der Waals surface area contributed by atoms with Crippen molar-refractivity contribution in [3.8, 4) is 0 Å². The minimum atomic E-state index is -0.950. The van der Waals surface area contributed by atoms with Crippen molar-refractivity contribution < 1.29 is 19.4 Å². The summed E-state index contributed by atoms with van der Waals surface area (Å²) >= 11 is 2.17. The molecule has 12 heavy (non-hydrogen) atoms. The van der Waals surface area contributed by atoms with Crippen molar-refractivity contribution in [2.45, 2.75) is 31.8 Å². The van der Waals surface area contributed by atoms with Crippen LogP contribution in [0.2, 0.25) is 0 Å². The topological polar surface area (TPSA) is 55.8 Å². The second-order valence-electron chi connectivity index (χ2n) is 2.69. The van der Waals surface area contributed by atoms with Gasteiger partial charge < -0.3 is 14.6 Å². The van der Waals surface area contributed by atoms with E-state index in [0.29, 0.717) is 6.42 Å². The first-order valence-corrected chi connectivity index (χ1v) is 5.22. The Kier molecular flexibility index (Phi) is 3.73. The van der Waals surface area contributed by atoms with Crippen LogP contribution in [0.25, 0.3) is 0 Å². The molecule has 1 heterocycles. The van der Waals surface area contributed by atoms with Gasteiger partial charge in [0.05, 0.1) is 6.10 Å². The molecule has 0 aromatic carbocycles. The second kappa shape index (κ2) is 4.38. The van der Waals surface area contributed by atoms with Gasteiger partial charge in [-0.25, -0.2) is 0 Å². The third-order valence-corrected chi connectivity index (χ3v) is 2.62. The highest BCUT2D eigenvalue weighted by molar-refractivity contribution is 14.1. The van der Waals surface area contributed by atoms with E-state index < -0.39 is 12.4 Å². The molecule has 0 saturated carbocycles. The van der Waals surface area contributed by atoms with E-state index in [-0.39, 0.29) is 12.1 Å². The van der Waals surface area contributed by atoms with E-state index in [2.05, 4.69) is 22.6 Å². The Labute approximate surface area is 84.4 Å². The van der Waals surface area contributed by atoms with Gasteiger partial charge in [-0.3, -0.25) is 4.79 Å². The maximum absolute atomic E-state index is 10.5. The second-order valence-corrected chi connectivity index (χ2v) is 3.57. The Hall–Kier alpha value is 0.120. The maximum atomic E-state index is 10.5. The van der Waals surface area contributed by atoms with Crippen molar-refractivity contribution in [2.75, 3.05) is 4.43 Å². The molecule has 0 aromatic rings. The fourth-order valence-electron chi connectivity index (χ4n) is 1.13. The van der Waals surface area contributed by atoms with Crippen molar-refractivity contribution in [2.24, 2.45) is 0 Å². The van der Waals surface area contributed by atoms with Gasteiger partial charge in [0.15, 0.2) is 12.4 Å². The van der Waals surface area contributed by atoms with Crippen LogP contribution in [0, 0.1) is 0 Å². The molecule has 1 aliphatic heterocycles. The van der Waals surface area contributed by atoms with Crippen LogP contribution in [0.1, 0.15) is 13.3 Å². The fraction of sp³-hybridized carbons (Fsp3) is 0.857. The van der Waals surface area contributed by atoms with Crippen LogP contribution in [0.4, 0.5) is 0 Å². The number of hydrogen-bond acceptors (Lipinski definition) is 4. The van der Waals surface area contributed by atoms with Crippen LogP contribution < -0.4 is 0 Å². The molecule has 1 N–H and O–H groups in total. The van der Waals surface area contributed by atoms with Gasteiger partial charge in [0.25, 0.3) is 0 Å². The standard InChI is InChI=1S/C7H11IO4/c1-4(9)11-6-2-5(3-8)12-7(6)10/h5-7,10H,2-3H2,1H3/t5-,6+,7?/m0/s1. The Morgan fingerprint density at radius 3 is 2.92 bits per heavy atom. The Balaban J connectivity index is 2.40. The van der Waals surface area contributed by atoms with E-state index >= 15 is 0 Å². The zero-order chi connectivity index (χ0) is 9.14. The summed E-state index contributed by atoms with van der Waals surface area (Å²) in [6, 6.07) is 0. The first-order chi connectivity index (χ1) is 5.63. The molecule has 1 fully saturated rings. The van der Waals surface area contributed by atoms with Gasteiger partial charge in [-0.05, 0) is 0 Å². The largest absolute Gasteiger partial charge is 0.457 e. The molecule has 5 heteroatoms. The number of carbonyl (C=O) groups excluding carboxylic acids is 1. The summed E-state index contributed by atoms with van der Waals surface area (Å²) in [7, 11) is 0. The summed E-state index contributed by atoms with van der Waals surface area (Å²) in [5, 5.41) is 9.24. The van der Waals surface area contributed by atoms with Gasteiger partial charge in [-0.1, -0.05) is 22.6 Å². The summed E-state index contributed by atoms with van der Waals surface area (Å²) in [6.45, 7) is 1.32. The molecule has 1 aliphatic rings. The summed E-state index contributed by atoms with van der Waals surface area (Å²) in [4.78, 5) is 10.5. The molecule has 4 nitrogen and oxygen atoms in total. The first kappa shape index (κ1) is 10.2. The zero-order valence-corrected chi connectivity index (χ0v) is 8.85. The van der Waals surface area contributed by atoms with E-state index in [1.54, 1.807) is 0 Å². The van der Waals surface area contributed by atoms with Crippen LogP contribution in [-0.4, -0.2) is 34.0 Å². The molecule has 0 aromatic heterocycles. The molecular formula is C7H11IO4. The zero-order valence-electron chi connectivity index (χ0n) is 6.70. The van der Waals surface area contributed by atoms with Crippen LogP contribution in [0.15, 0.2) is 0 Å². The lowest BCUT2D eigenvalue weighted by atomic mass is 10.2. The minimum Gasteiger partial charge on any atom is -0.457 e.